The van der Waals surface area contributed by atoms with Crippen LogP contribution in [0.3, 0.4) is 0 Å². The first-order valence-electron chi connectivity index (χ1n) is 8.13. The van der Waals surface area contributed by atoms with Crippen molar-refractivity contribution in [2.75, 3.05) is 7.05 Å². The van der Waals surface area contributed by atoms with E-state index in [-0.39, 0.29) is 29.5 Å². The highest BCUT2D eigenvalue weighted by atomic mass is 19.1. The van der Waals surface area contributed by atoms with Gasteiger partial charge in [0.25, 0.3) is 0 Å². The summed E-state index contributed by atoms with van der Waals surface area (Å²) in [5, 5.41) is 3.36. The number of fused-ring (bicyclic) bond motifs is 1. The van der Waals surface area contributed by atoms with Crippen LogP contribution in [0.2, 0.25) is 0 Å². The summed E-state index contributed by atoms with van der Waals surface area (Å²) in [6.07, 6.45) is 1.47. The molecule has 1 N–H and O–H groups in total. The predicted molar refractivity (Wildman–Crippen MR) is 89.9 cm³/mol. The van der Waals surface area contributed by atoms with Gasteiger partial charge in [-0.1, -0.05) is 43.3 Å². The van der Waals surface area contributed by atoms with Crippen LogP contribution in [0, 0.1) is 11.7 Å². The number of rotatable bonds is 5. The van der Waals surface area contributed by atoms with Crippen molar-refractivity contribution in [2.45, 2.75) is 31.7 Å². The zero-order valence-corrected chi connectivity index (χ0v) is 13.6. The lowest BCUT2D eigenvalue weighted by atomic mass is 9.87. The predicted octanol–water partition coefficient (Wildman–Crippen LogP) is 4.02. The minimum Gasteiger partial charge on any atom is -0.313 e. The van der Waals surface area contributed by atoms with Crippen molar-refractivity contribution in [1.82, 2.24) is 5.32 Å². The molecule has 3 atom stereocenters. The van der Waals surface area contributed by atoms with E-state index < -0.39 is 0 Å². The molecule has 2 aromatic carbocycles. The second-order valence-electron chi connectivity index (χ2n) is 6.37. The molecule has 0 radical (unpaired) electrons. The Morgan fingerprint density at radius 1 is 1.22 bits per heavy atom. The van der Waals surface area contributed by atoms with Crippen molar-refractivity contribution in [3.63, 3.8) is 0 Å². The van der Waals surface area contributed by atoms with Crippen molar-refractivity contribution < 1.29 is 9.18 Å². The number of halogens is 1. The average Bonchev–Trinajstić information content (AvgIpc) is 2.91. The number of benzene rings is 2. The standard InChI is InChI=1S/C20H22FNO/c1-13(14-7-9-17(21)10-8-14)19(23)12-16-11-15-5-3-4-6-18(15)20(16)22-2/h3-10,13,16,20,22H,11-12H2,1-2H3/t13-,16+,20-/m0/s1. The summed E-state index contributed by atoms with van der Waals surface area (Å²) in [4.78, 5) is 12.7. The van der Waals surface area contributed by atoms with E-state index in [0.29, 0.717) is 6.42 Å². The number of nitrogens with one attached hydrogen (secondary N) is 1. The number of Topliss-reactive ketones (excluding diaryl/α,β-unsaturated/α-hetero) is 1. The Morgan fingerprint density at radius 3 is 2.61 bits per heavy atom. The van der Waals surface area contributed by atoms with Gasteiger partial charge in [0.1, 0.15) is 11.6 Å². The van der Waals surface area contributed by atoms with Gasteiger partial charge in [-0.2, -0.15) is 0 Å². The Labute approximate surface area is 136 Å². The van der Waals surface area contributed by atoms with E-state index >= 15 is 0 Å². The summed E-state index contributed by atoms with van der Waals surface area (Å²) in [6.45, 7) is 1.91. The van der Waals surface area contributed by atoms with Gasteiger partial charge in [0.05, 0.1) is 0 Å². The third-order valence-corrected chi connectivity index (χ3v) is 4.97. The lowest BCUT2D eigenvalue weighted by Gasteiger charge is -2.21. The fraction of sp³-hybridized carbons (Fsp3) is 0.350. The molecule has 1 aliphatic carbocycles. The molecule has 3 rings (SSSR count). The van der Waals surface area contributed by atoms with E-state index in [1.54, 1.807) is 12.1 Å². The molecule has 0 saturated carbocycles. The zero-order chi connectivity index (χ0) is 16.4. The zero-order valence-electron chi connectivity index (χ0n) is 13.6. The first-order chi connectivity index (χ1) is 11.1. The van der Waals surface area contributed by atoms with Crippen LogP contribution in [-0.2, 0) is 11.2 Å². The number of hydrogen-bond donors (Lipinski definition) is 1. The molecule has 23 heavy (non-hydrogen) atoms. The molecular formula is C20H22FNO. The fourth-order valence-electron chi connectivity index (χ4n) is 3.63. The largest absolute Gasteiger partial charge is 0.313 e. The number of ketones is 1. The van der Waals surface area contributed by atoms with Crippen LogP contribution in [0.1, 0.15) is 42.0 Å². The molecule has 0 bridgehead atoms. The second kappa shape index (κ2) is 6.63. The van der Waals surface area contributed by atoms with E-state index in [4.69, 9.17) is 0 Å². The fourth-order valence-corrected chi connectivity index (χ4v) is 3.63. The van der Waals surface area contributed by atoms with Gasteiger partial charge in [0.2, 0.25) is 0 Å². The number of hydrogen-bond acceptors (Lipinski definition) is 2. The van der Waals surface area contributed by atoms with Gasteiger partial charge in [0.15, 0.2) is 0 Å². The molecule has 3 heteroatoms. The molecule has 1 aliphatic rings. The lowest BCUT2D eigenvalue weighted by Crippen LogP contribution is -2.25. The second-order valence-corrected chi connectivity index (χ2v) is 6.37. The summed E-state index contributed by atoms with van der Waals surface area (Å²) in [7, 11) is 1.95. The molecule has 2 nitrogen and oxygen atoms in total. The summed E-state index contributed by atoms with van der Waals surface area (Å²) in [5.74, 6) is 0.0363. The Kier molecular flexibility index (Phi) is 4.58. The van der Waals surface area contributed by atoms with Crippen LogP contribution >= 0.6 is 0 Å². The van der Waals surface area contributed by atoms with Crippen LogP contribution in [0.15, 0.2) is 48.5 Å². The smallest absolute Gasteiger partial charge is 0.140 e. The van der Waals surface area contributed by atoms with E-state index in [1.165, 1.54) is 23.3 Å². The summed E-state index contributed by atoms with van der Waals surface area (Å²) in [6, 6.07) is 14.9. The SMILES string of the molecule is CN[C@@H]1c2ccccc2C[C@@H]1CC(=O)[C@@H](C)c1ccc(F)cc1. The highest BCUT2D eigenvalue weighted by Crippen LogP contribution is 2.38. The molecule has 0 amide bonds. The maximum absolute atomic E-state index is 13.0. The summed E-state index contributed by atoms with van der Waals surface area (Å²) in [5.41, 5.74) is 3.52. The molecule has 120 valence electrons. The van der Waals surface area contributed by atoms with Gasteiger partial charge in [-0.15, -0.1) is 0 Å². The normalized spacial score (nSPS) is 21.0. The van der Waals surface area contributed by atoms with Crippen LogP contribution in [-0.4, -0.2) is 12.8 Å². The van der Waals surface area contributed by atoms with Gasteiger partial charge in [-0.3, -0.25) is 4.79 Å². The molecule has 0 heterocycles. The van der Waals surface area contributed by atoms with Crippen LogP contribution in [0.5, 0.6) is 0 Å². The highest BCUT2D eigenvalue weighted by Gasteiger charge is 2.33. The first kappa shape index (κ1) is 15.9. The van der Waals surface area contributed by atoms with Crippen molar-refractivity contribution in [3.05, 3.63) is 71.0 Å². The number of carbonyl (C=O) groups is 1. The van der Waals surface area contributed by atoms with E-state index in [9.17, 15) is 9.18 Å². The molecule has 2 aromatic rings. The Bertz CT molecular complexity index is 695. The third kappa shape index (κ3) is 3.20. The minimum atomic E-state index is -0.269. The number of carbonyl (C=O) groups excluding carboxylic acids is 1. The van der Waals surface area contributed by atoms with Gasteiger partial charge >= 0.3 is 0 Å². The van der Waals surface area contributed by atoms with Crippen LogP contribution < -0.4 is 5.32 Å². The monoisotopic (exact) mass is 311 g/mol. The molecule has 0 aromatic heterocycles. The summed E-state index contributed by atoms with van der Waals surface area (Å²) < 4.78 is 13.0. The van der Waals surface area contributed by atoms with Crippen LogP contribution in [0.4, 0.5) is 4.39 Å². The van der Waals surface area contributed by atoms with Crippen molar-refractivity contribution >= 4 is 5.78 Å². The van der Waals surface area contributed by atoms with Gasteiger partial charge in [0, 0.05) is 18.4 Å². The molecule has 0 aliphatic heterocycles. The maximum atomic E-state index is 13.0. The Morgan fingerprint density at radius 2 is 1.91 bits per heavy atom. The van der Waals surface area contributed by atoms with E-state index in [0.717, 1.165) is 12.0 Å². The van der Waals surface area contributed by atoms with Gasteiger partial charge < -0.3 is 5.32 Å². The molecule has 0 spiro atoms. The molecule has 0 unspecified atom stereocenters. The van der Waals surface area contributed by atoms with E-state index in [2.05, 4.69) is 29.6 Å². The summed E-state index contributed by atoms with van der Waals surface area (Å²) >= 11 is 0. The van der Waals surface area contributed by atoms with Crippen molar-refractivity contribution in [3.8, 4) is 0 Å². The average molecular weight is 311 g/mol. The third-order valence-electron chi connectivity index (χ3n) is 4.97. The quantitative estimate of drug-likeness (QED) is 0.903. The molecular weight excluding hydrogens is 289 g/mol. The van der Waals surface area contributed by atoms with Gasteiger partial charge in [-0.05, 0) is 48.2 Å². The Hall–Kier alpha value is -2.00. The minimum absolute atomic E-state index is 0.197. The van der Waals surface area contributed by atoms with Crippen molar-refractivity contribution in [2.24, 2.45) is 5.92 Å². The van der Waals surface area contributed by atoms with Crippen LogP contribution in [0.25, 0.3) is 0 Å². The topological polar surface area (TPSA) is 29.1 Å². The van der Waals surface area contributed by atoms with E-state index in [1.807, 2.05) is 14.0 Å². The maximum Gasteiger partial charge on any atom is 0.140 e. The van der Waals surface area contributed by atoms with Gasteiger partial charge in [-0.25, -0.2) is 4.39 Å². The molecule has 0 fully saturated rings. The Balaban J connectivity index is 1.72. The molecule has 0 saturated heterocycles. The van der Waals surface area contributed by atoms with Crippen molar-refractivity contribution in [1.29, 1.82) is 0 Å². The first-order valence-corrected chi connectivity index (χ1v) is 8.13. The highest BCUT2D eigenvalue weighted by molar-refractivity contribution is 5.85. The lowest BCUT2D eigenvalue weighted by molar-refractivity contribution is -0.121.